The zero-order valence-electron chi connectivity index (χ0n) is 14.2. The fraction of sp³-hybridized carbons (Fsp3) is 0.667. The Morgan fingerprint density at radius 3 is 2.68 bits per heavy atom. The predicted molar refractivity (Wildman–Crippen MR) is 90.5 cm³/mol. The van der Waals surface area contributed by atoms with E-state index in [1.54, 1.807) is 0 Å². The van der Waals surface area contributed by atoms with Crippen molar-refractivity contribution in [1.29, 1.82) is 0 Å². The summed E-state index contributed by atoms with van der Waals surface area (Å²) in [5, 5.41) is 0. The topological polar surface area (TPSA) is 47.7 Å². The van der Waals surface area contributed by atoms with Gasteiger partial charge in [0.2, 0.25) is 0 Å². The largest absolute Gasteiger partial charge is 0.490 e. The quantitative estimate of drug-likeness (QED) is 0.802. The molecule has 1 atom stereocenters. The van der Waals surface area contributed by atoms with Gasteiger partial charge in [-0.05, 0) is 56.0 Å². The van der Waals surface area contributed by atoms with Crippen molar-refractivity contribution < 1.29 is 9.47 Å². The third-order valence-electron chi connectivity index (χ3n) is 4.31. The third kappa shape index (κ3) is 4.37. The molecule has 1 fully saturated rings. The average molecular weight is 306 g/mol. The molecule has 0 radical (unpaired) electrons. The lowest BCUT2D eigenvalue weighted by atomic mass is 9.90. The molecule has 2 rings (SSSR count). The van der Waals surface area contributed by atoms with E-state index in [4.69, 9.17) is 15.2 Å². The first-order chi connectivity index (χ1) is 10.6. The van der Waals surface area contributed by atoms with Crippen molar-refractivity contribution in [3.05, 3.63) is 23.8 Å². The molecule has 1 unspecified atom stereocenters. The summed E-state index contributed by atoms with van der Waals surface area (Å²) in [6, 6.07) is 6.30. The van der Waals surface area contributed by atoms with E-state index >= 15 is 0 Å². The van der Waals surface area contributed by atoms with Crippen molar-refractivity contribution in [2.75, 3.05) is 32.8 Å². The molecule has 0 spiro atoms. The lowest BCUT2D eigenvalue weighted by molar-refractivity contribution is 0.268. The van der Waals surface area contributed by atoms with Crippen molar-refractivity contribution in [3.63, 3.8) is 0 Å². The van der Waals surface area contributed by atoms with Crippen molar-refractivity contribution in [3.8, 4) is 11.5 Å². The van der Waals surface area contributed by atoms with Crippen molar-refractivity contribution in [2.24, 2.45) is 11.1 Å². The third-order valence-corrected chi connectivity index (χ3v) is 4.31. The van der Waals surface area contributed by atoms with E-state index in [1.165, 1.54) is 12.0 Å². The van der Waals surface area contributed by atoms with Gasteiger partial charge in [0.25, 0.3) is 0 Å². The summed E-state index contributed by atoms with van der Waals surface area (Å²) in [7, 11) is 0. The molecule has 4 heteroatoms. The van der Waals surface area contributed by atoms with Gasteiger partial charge in [0.15, 0.2) is 11.5 Å². The van der Waals surface area contributed by atoms with Gasteiger partial charge >= 0.3 is 0 Å². The summed E-state index contributed by atoms with van der Waals surface area (Å²) in [6.45, 7) is 11.7. The Labute approximate surface area is 134 Å². The van der Waals surface area contributed by atoms with E-state index in [1.807, 2.05) is 13.0 Å². The Morgan fingerprint density at radius 2 is 2.05 bits per heavy atom. The molecule has 1 aliphatic heterocycles. The summed E-state index contributed by atoms with van der Waals surface area (Å²) in [4.78, 5) is 2.48. The second-order valence-electron chi connectivity index (χ2n) is 6.54. The van der Waals surface area contributed by atoms with Crippen LogP contribution in [0.1, 0.15) is 39.2 Å². The van der Waals surface area contributed by atoms with E-state index in [9.17, 15) is 0 Å². The van der Waals surface area contributed by atoms with Gasteiger partial charge in [0.05, 0.1) is 13.2 Å². The van der Waals surface area contributed by atoms with Gasteiger partial charge in [0.1, 0.15) is 0 Å². The normalized spacial score (nSPS) is 22.0. The monoisotopic (exact) mass is 306 g/mol. The van der Waals surface area contributed by atoms with Gasteiger partial charge in [0, 0.05) is 13.1 Å². The maximum Gasteiger partial charge on any atom is 0.161 e. The first kappa shape index (κ1) is 17.1. The number of rotatable bonds is 8. The maximum absolute atomic E-state index is 5.89. The Hall–Kier alpha value is -1.26. The van der Waals surface area contributed by atoms with Crippen LogP contribution in [0.2, 0.25) is 0 Å². The molecule has 1 aromatic rings. The summed E-state index contributed by atoms with van der Waals surface area (Å²) >= 11 is 0. The minimum Gasteiger partial charge on any atom is -0.490 e. The Morgan fingerprint density at radius 1 is 1.23 bits per heavy atom. The van der Waals surface area contributed by atoms with Gasteiger partial charge in [-0.2, -0.15) is 0 Å². The van der Waals surface area contributed by atoms with Gasteiger partial charge in [-0.25, -0.2) is 0 Å². The van der Waals surface area contributed by atoms with E-state index in [2.05, 4.69) is 30.9 Å². The van der Waals surface area contributed by atoms with Crippen LogP contribution in [0.3, 0.4) is 0 Å². The van der Waals surface area contributed by atoms with Crippen LogP contribution in [0.4, 0.5) is 0 Å². The Balaban J connectivity index is 2.04. The van der Waals surface area contributed by atoms with E-state index in [-0.39, 0.29) is 5.41 Å². The first-order valence-electron chi connectivity index (χ1n) is 8.41. The number of nitrogens with two attached hydrogens (primary N) is 1. The minimum absolute atomic E-state index is 0.271. The van der Waals surface area contributed by atoms with E-state index in [0.717, 1.165) is 50.7 Å². The number of nitrogens with zero attached hydrogens (tertiary/aromatic N) is 1. The highest BCUT2D eigenvalue weighted by Crippen LogP contribution is 2.32. The average Bonchev–Trinajstić information content (AvgIpc) is 2.89. The zero-order chi connectivity index (χ0) is 16.0. The van der Waals surface area contributed by atoms with Crippen LogP contribution in [0.15, 0.2) is 18.2 Å². The first-order valence-corrected chi connectivity index (χ1v) is 8.41. The van der Waals surface area contributed by atoms with E-state index < -0.39 is 0 Å². The molecule has 0 saturated carbocycles. The molecular weight excluding hydrogens is 276 g/mol. The maximum atomic E-state index is 5.89. The second-order valence-corrected chi connectivity index (χ2v) is 6.54. The van der Waals surface area contributed by atoms with Gasteiger partial charge in [-0.15, -0.1) is 0 Å². The lowest BCUT2D eigenvalue weighted by Crippen LogP contribution is -2.31. The molecule has 1 heterocycles. The second kappa shape index (κ2) is 7.84. The summed E-state index contributed by atoms with van der Waals surface area (Å²) < 4.78 is 11.5. The number of benzene rings is 1. The smallest absolute Gasteiger partial charge is 0.161 e. The highest BCUT2D eigenvalue weighted by molar-refractivity contribution is 5.43. The van der Waals surface area contributed by atoms with Crippen LogP contribution < -0.4 is 15.2 Å². The number of hydrogen-bond acceptors (Lipinski definition) is 4. The summed E-state index contributed by atoms with van der Waals surface area (Å²) in [6.07, 6.45) is 2.18. The molecule has 0 aromatic heterocycles. The molecule has 0 bridgehead atoms. The molecule has 124 valence electrons. The zero-order valence-corrected chi connectivity index (χ0v) is 14.2. The molecule has 1 aromatic carbocycles. The lowest BCUT2D eigenvalue weighted by Gasteiger charge is -2.23. The molecule has 0 amide bonds. The SMILES string of the molecule is CCCOc1ccc(CN2CCC(C)(CN)C2)cc1OCC. The van der Waals surface area contributed by atoms with E-state index in [0.29, 0.717) is 6.61 Å². The van der Waals surface area contributed by atoms with Gasteiger partial charge < -0.3 is 15.2 Å². The Bertz CT molecular complexity index is 478. The molecule has 22 heavy (non-hydrogen) atoms. The van der Waals surface area contributed by atoms with Crippen LogP contribution in [0.25, 0.3) is 0 Å². The van der Waals surface area contributed by atoms with Crippen LogP contribution in [-0.4, -0.2) is 37.7 Å². The molecule has 4 nitrogen and oxygen atoms in total. The van der Waals surface area contributed by atoms with Crippen molar-refractivity contribution >= 4 is 0 Å². The standard InChI is InChI=1S/C18H30N2O2/c1-4-10-22-16-7-6-15(11-17(16)21-5-2)12-20-9-8-18(3,13-19)14-20/h6-7,11H,4-5,8-10,12-14,19H2,1-3H3. The molecular formula is C18H30N2O2. The highest BCUT2D eigenvalue weighted by Gasteiger charge is 2.32. The number of hydrogen-bond donors (Lipinski definition) is 1. The highest BCUT2D eigenvalue weighted by atomic mass is 16.5. The van der Waals surface area contributed by atoms with Crippen LogP contribution in [0, 0.1) is 5.41 Å². The fourth-order valence-corrected chi connectivity index (χ4v) is 2.94. The number of likely N-dealkylation sites (tertiary alicyclic amines) is 1. The van der Waals surface area contributed by atoms with Crippen molar-refractivity contribution in [2.45, 2.75) is 40.2 Å². The molecule has 2 N–H and O–H groups in total. The van der Waals surface area contributed by atoms with Crippen LogP contribution >= 0.6 is 0 Å². The molecule has 0 aliphatic carbocycles. The summed E-state index contributed by atoms with van der Waals surface area (Å²) in [5.41, 5.74) is 7.43. The molecule has 1 saturated heterocycles. The molecule has 1 aliphatic rings. The number of ether oxygens (including phenoxy) is 2. The fourth-order valence-electron chi connectivity index (χ4n) is 2.94. The summed E-state index contributed by atoms with van der Waals surface area (Å²) in [5.74, 6) is 1.70. The minimum atomic E-state index is 0.271. The van der Waals surface area contributed by atoms with Crippen LogP contribution in [0.5, 0.6) is 11.5 Å². The Kier molecular flexibility index (Phi) is 6.09. The predicted octanol–water partition coefficient (Wildman–Crippen LogP) is 3.04. The van der Waals surface area contributed by atoms with Crippen LogP contribution in [-0.2, 0) is 6.54 Å². The van der Waals surface area contributed by atoms with Gasteiger partial charge in [-0.3, -0.25) is 4.90 Å². The van der Waals surface area contributed by atoms with Crippen molar-refractivity contribution in [1.82, 2.24) is 4.90 Å². The van der Waals surface area contributed by atoms with Gasteiger partial charge in [-0.1, -0.05) is 19.9 Å².